The molecule has 0 aliphatic heterocycles. The van der Waals surface area contributed by atoms with Gasteiger partial charge in [-0.1, -0.05) is 18.2 Å². The average molecular weight is 428 g/mol. The quantitative estimate of drug-likeness (QED) is 0.617. The summed E-state index contributed by atoms with van der Waals surface area (Å²) >= 11 is 0. The normalized spacial score (nSPS) is 12.2. The van der Waals surface area contributed by atoms with Crippen LogP contribution in [0.3, 0.4) is 0 Å². The van der Waals surface area contributed by atoms with Gasteiger partial charge < -0.3 is 0 Å². The fraction of sp³-hybridized carbons (Fsp3) is 0.105. The molecule has 10 heteroatoms. The van der Waals surface area contributed by atoms with Gasteiger partial charge >= 0.3 is 6.18 Å². The van der Waals surface area contributed by atoms with Crippen molar-refractivity contribution < 1.29 is 30.4 Å². The largest absolute Gasteiger partial charge is 0.416 e. The lowest BCUT2D eigenvalue weighted by Gasteiger charge is -2.14. The molecule has 4 nitrogen and oxygen atoms in total. The number of rotatable bonds is 3. The van der Waals surface area contributed by atoms with Crippen LogP contribution in [0.25, 0.3) is 22.4 Å². The number of benzene rings is 2. The Morgan fingerprint density at radius 3 is 2.14 bits per heavy atom. The van der Waals surface area contributed by atoms with Gasteiger partial charge in [0.25, 0.3) is 0 Å². The zero-order valence-electron chi connectivity index (χ0n) is 14.8. The number of aryl methyl sites for hydroxylation is 1. The van der Waals surface area contributed by atoms with Crippen LogP contribution in [0.4, 0.5) is 22.0 Å². The SMILES string of the molecule is Cc1ccc(-c2cccnc2-c2cc(F)c(S(N)(=O)=O)c(F)c2)cc1C(F)(F)F. The molecule has 3 rings (SSSR count). The van der Waals surface area contributed by atoms with Gasteiger partial charge in [0.05, 0.1) is 11.3 Å². The van der Waals surface area contributed by atoms with E-state index in [0.717, 1.165) is 6.07 Å². The van der Waals surface area contributed by atoms with Gasteiger partial charge in [-0.25, -0.2) is 22.3 Å². The topological polar surface area (TPSA) is 73.0 Å². The summed E-state index contributed by atoms with van der Waals surface area (Å²) in [6, 6.07) is 7.95. The standard InChI is InChI=1S/C19H13F5N2O2S/c1-10-4-5-11(7-14(10)19(22,23)24)13-3-2-6-26-17(13)12-8-15(20)18(16(21)9-12)29(25,27)28/h2-9H,1H3,(H2,25,27,28). The molecule has 0 fully saturated rings. The molecule has 2 aromatic carbocycles. The Hall–Kier alpha value is -2.85. The van der Waals surface area contributed by atoms with E-state index in [9.17, 15) is 30.4 Å². The monoisotopic (exact) mass is 428 g/mol. The van der Waals surface area contributed by atoms with Gasteiger partial charge in [-0.15, -0.1) is 0 Å². The second kappa shape index (κ2) is 7.20. The van der Waals surface area contributed by atoms with Crippen LogP contribution in [-0.2, 0) is 16.2 Å². The minimum atomic E-state index is -4.65. The second-order valence-electron chi connectivity index (χ2n) is 6.24. The molecular weight excluding hydrogens is 415 g/mol. The summed E-state index contributed by atoms with van der Waals surface area (Å²) in [4.78, 5) is 2.72. The number of nitrogens with two attached hydrogens (primary N) is 1. The Bertz CT molecular complexity index is 1180. The minimum Gasteiger partial charge on any atom is -0.256 e. The summed E-state index contributed by atoms with van der Waals surface area (Å²) in [5, 5.41) is 4.81. The van der Waals surface area contributed by atoms with E-state index in [1.54, 1.807) is 0 Å². The Balaban J connectivity index is 2.22. The molecule has 29 heavy (non-hydrogen) atoms. The van der Waals surface area contributed by atoms with Crippen molar-refractivity contribution in [1.29, 1.82) is 0 Å². The second-order valence-corrected chi connectivity index (χ2v) is 7.74. The number of sulfonamides is 1. The summed E-state index contributed by atoms with van der Waals surface area (Å²) in [7, 11) is -4.65. The number of aromatic nitrogens is 1. The number of halogens is 5. The summed E-state index contributed by atoms with van der Waals surface area (Å²) in [6.07, 6.45) is -3.29. The molecule has 0 aliphatic rings. The van der Waals surface area contributed by atoms with Crippen LogP contribution in [-0.4, -0.2) is 13.4 Å². The van der Waals surface area contributed by atoms with Gasteiger partial charge in [-0.2, -0.15) is 13.2 Å². The van der Waals surface area contributed by atoms with Gasteiger partial charge in [-0.05, 0) is 42.3 Å². The van der Waals surface area contributed by atoms with Crippen LogP contribution in [0.5, 0.6) is 0 Å². The highest BCUT2D eigenvalue weighted by Gasteiger charge is 2.32. The van der Waals surface area contributed by atoms with Crippen LogP contribution in [0.1, 0.15) is 11.1 Å². The lowest BCUT2D eigenvalue weighted by Crippen LogP contribution is -2.16. The highest BCUT2D eigenvalue weighted by atomic mass is 32.2. The highest BCUT2D eigenvalue weighted by Crippen LogP contribution is 2.37. The van der Waals surface area contributed by atoms with Gasteiger partial charge in [0.1, 0.15) is 11.6 Å². The average Bonchev–Trinajstić information content (AvgIpc) is 2.59. The molecule has 2 N–H and O–H groups in total. The van der Waals surface area contributed by atoms with Crippen LogP contribution < -0.4 is 5.14 Å². The van der Waals surface area contributed by atoms with Crippen molar-refractivity contribution in [3.63, 3.8) is 0 Å². The zero-order valence-corrected chi connectivity index (χ0v) is 15.6. The number of pyridine rings is 1. The molecule has 152 valence electrons. The summed E-state index contributed by atoms with van der Waals surface area (Å²) in [6.45, 7) is 1.31. The Morgan fingerprint density at radius 1 is 0.966 bits per heavy atom. The Labute approximate surface area is 162 Å². The molecule has 0 spiro atoms. The number of primary sulfonamides is 1. The molecule has 0 bridgehead atoms. The van der Waals surface area contributed by atoms with Crippen LogP contribution in [0, 0.1) is 18.6 Å². The first-order valence-corrected chi connectivity index (χ1v) is 9.59. The van der Waals surface area contributed by atoms with Crippen molar-refractivity contribution in [3.8, 4) is 22.4 Å². The number of hydrogen-bond acceptors (Lipinski definition) is 3. The number of nitrogens with zero attached hydrogens (tertiary/aromatic N) is 1. The molecule has 0 aliphatic carbocycles. The van der Waals surface area contributed by atoms with E-state index in [4.69, 9.17) is 5.14 Å². The van der Waals surface area contributed by atoms with E-state index in [-0.39, 0.29) is 27.9 Å². The van der Waals surface area contributed by atoms with Crippen LogP contribution in [0.15, 0.2) is 53.6 Å². The smallest absolute Gasteiger partial charge is 0.256 e. The van der Waals surface area contributed by atoms with E-state index in [1.165, 1.54) is 37.4 Å². The van der Waals surface area contributed by atoms with Crippen molar-refractivity contribution in [3.05, 3.63) is 71.4 Å². The molecule has 0 unspecified atom stereocenters. The number of hydrogen-bond donors (Lipinski definition) is 1. The first kappa shape index (κ1) is 20.9. The van der Waals surface area contributed by atoms with Crippen molar-refractivity contribution in [1.82, 2.24) is 4.98 Å². The molecule has 3 aromatic rings. The van der Waals surface area contributed by atoms with Gasteiger partial charge in [0, 0.05) is 17.3 Å². The summed E-state index contributed by atoms with van der Waals surface area (Å²) in [5.41, 5.74) is -0.712. The maximum atomic E-state index is 14.2. The molecule has 1 heterocycles. The molecule has 0 amide bonds. The molecule has 0 saturated carbocycles. The molecule has 0 radical (unpaired) electrons. The first-order valence-electron chi connectivity index (χ1n) is 8.05. The third kappa shape index (κ3) is 4.13. The van der Waals surface area contributed by atoms with E-state index in [1.807, 2.05) is 0 Å². The van der Waals surface area contributed by atoms with Crippen molar-refractivity contribution >= 4 is 10.0 Å². The maximum Gasteiger partial charge on any atom is 0.416 e. The fourth-order valence-electron chi connectivity index (χ4n) is 2.93. The predicted octanol–water partition coefficient (Wildman–Crippen LogP) is 4.67. The van der Waals surface area contributed by atoms with E-state index in [0.29, 0.717) is 12.1 Å². The highest BCUT2D eigenvalue weighted by molar-refractivity contribution is 7.89. The van der Waals surface area contributed by atoms with Gasteiger partial charge in [0.2, 0.25) is 10.0 Å². The predicted molar refractivity (Wildman–Crippen MR) is 96.1 cm³/mol. The first-order chi connectivity index (χ1) is 13.4. The van der Waals surface area contributed by atoms with Gasteiger partial charge in [-0.3, -0.25) is 4.98 Å². The van der Waals surface area contributed by atoms with E-state index < -0.39 is 38.3 Å². The lowest BCUT2D eigenvalue weighted by atomic mass is 9.96. The minimum absolute atomic E-state index is 0.0151. The lowest BCUT2D eigenvalue weighted by molar-refractivity contribution is -0.138. The molecular formula is C19H13F5N2O2S. The van der Waals surface area contributed by atoms with Crippen molar-refractivity contribution in [2.45, 2.75) is 18.0 Å². The number of alkyl halides is 3. The van der Waals surface area contributed by atoms with Crippen LogP contribution in [0.2, 0.25) is 0 Å². The molecule has 0 atom stereocenters. The summed E-state index contributed by atoms with van der Waals surface area (Å²) < 4.78 is 90.9. The zero-order chi connectivity index (χ0) is 21.6. The summed E-state index contributed by atoms with van der Waals surface area (Å²) in [5.74, 6) is -2.86. The fourth-order valence-corrected chi connectivity index (χ4v) is 3.59. The Kier molecular flexibility index (Phi) is 5.18. The third-order valence-electron chi connectivity index (χ3n) is 4.22. The van der Waals surface area contributed by atoms with E-state index in [2.05, 4.69) is 4.98 Å². The van der Waals surface area contributed by atoms with E-state index >= 15 is 0 Å². The molecule has 0 saturated heterocycles. The van der Waals surface area contributed by atoms with Crippen LogP contribution >= 0.6 is 0 Å². The molecule has 1 aromatic heterocycles. The van der Waals surface area contributed by atoms with Crippen molar-refractivity contribution in [2.24, 2.45) is 5.14 Å². The Morgan fingerprint density at radius 2 is 1.59 bits per heavy atom. The maximum absolute atomic E-state index is 14.2. The van der Waals surface area contributed by atoms with Gasteiger partial charge in [0.15, 0.2) is 4.90 Å². The third-order valence-corrected chi connectivity index (χ3v) is 5.18. The van der Waals surface area contributed by atoms with Crippen molar-refractivity contribution in [2.75, 3.05) is 0 Å².